The van der Waals surface area contributed by atoms with Crippen molar-refractivity contribution in [1.82, 2.24) is 0 Å². The summed E-state index contributed by atoms with van der Waals surface area (Å²) in [7, 11) is 0. The van der Waals surface area contributed by atoms with Gasteiger partial charge in [0.2, 0.25) is 0 Å². The molecule has 0 aromatic heterocycles. The molecule has 1 atom stereocenters. The molecule has 0 heteroatoms. The molecule has 0 aliphatic carbocycles. The summed E-state index contributed by atoms with van der Waals surface area (Å²) in [6.07, 6.45) is 15.5. The number of allylic oxidation sites excluding steroid dienone is 1. The van der Waals surface area contributed by atoms with Gasteiger partial charge in [0.15, 0.2) is 0 Å². The van der Waals surface area contributed by atoms with E-state index in [9.17, 15) is 0 Å². The third-order valence-electron chi connectivity index (χ3n) is 4.46. The second kappa shape index (κ2) is 12.8. The van der Waals surface area contributed by atoms with E-state index in [-0.39, 0.29) is 0 Å². The Balaban J connectivity index is 3.95. The fourth-order valence-electron chi connectivity index (χ4n) is 2.80. The molecule has 0 spiro atoms. The molecule has 0 radical (unpaired) electrons. The van der Waals surface area contributed by atoms with E-state index in [0.717, 1.165) is 5.92 Å². The lowest BCUT2D eigenvalue weighted by Gasteiger charge is -2.21. The molecule has 0 rings (SSSR count). The maximum atomic E-state index is 4.13. The fourth-order valence-corrected chi connectivity index (χ4v) is 2.80. The maximum Gasteiger partial charge on any atom is -0.0234 e. The van der Waals surface area contributed by atoms with Crippen LogP contribution >= 0.6 is 0 Å². The van der Waals surface area contributed by atoms with Crippen LogP contribution in [-0.4, -0.2) is 0 Å². The summed E-state index contributed by atoms with van der Waals surface area (Å²) in [6.45, 7) is 13.3. The fraction of sp³-hybridized carbons (Fsp3) is 0.895. The smallest absolute Gasteiger partial charge is 0.0234 e. The average molecular weight is 267 g/mol. The van der Waals surface area contributed by atoms with Crippen LogP contribution in [-0.2, 0) is 0 Å². The van der Waals surface area contributed by atoms with Gasteiger partial charge in [-0.05, 0) is 25.2 Å². The predicted octanol–water partition coefficient (Wildman–Crippen LogP) is 7.15. The van der Waals surface area contributed by atoms with E-state index in [2.05, 4.69) is 34.3 Å². The van der Waals surface area contributed by atoms with Crippen LogP contribution in [0.3, 0.4) is 0 Å². The van der Waals surface area contributed by atoms with E-state index < -0.39 is 0 Å². The largest absolute Gasteiger partial charge is 0.0999 e. The van der Waals surface area contributed by atoms with E-state index >= 15 is 0 Å². The second-order valence-corrected chi connectivity index (χ2v) is 6.55. The monoisotopic (exact) mass is 266 g/mol. The summed E-state index contributed by atoms with van der Waals surface area (Å²) < 4.78 is 0. The van der Waals surface area contributed by atoms with Crippen LogP contribution in [0.1, 0.15) is 98.3 Å². The minimum atomic E-state index is 0.711. The summed E-state index contributed by atoms with van der Waals surface area (Å²) in [5.41, 5.74) is 1.37. The van der Waals surface area contributed by atoms with Crippen molar-refractivity contribution in [3.63, 3.8) is 0 Å². The number of hydrogen-bond donors (Lipinski definition) is 0. The van der Waals surface area contributed by atoms with Crippen LogP contribution in [0, 0.1) is 11.8 Å². The summed E-state index contributed by atoms with van der Waals surface area (Å²) in [5, 5.41) is 0. The standard InChI is InChI=1S/C19H38/c1-6-8-10-12-14-19(15-13-11-9-7-2)16-18(5)17(3)4/h18-19H,3,6-16H2,1-2,4-5H3. The molecule has 114 valence electrons. The number of hydrogen-bond acceptors (Lipinski definition) is 0. The van der Waals surface area contributed by atoms with E-state index in [1.54, 1.807) is 0 Å². The van der Waals surface area contributed by atoms with Crippen LogP contribution in [0.15, 0.2) is 12.2 Å². The van der Waals surface area contributed by atoms with Gasteiger partial charge in [-0.15, -0.1) is 0 Å². The first-order valence-corrected chi connectivity index (χ1v) is 8.77. The molecule has 0 nitrogen and oxygen atoms in total. The van der Waals surface area contributed by atoms with Crippen LogP contribution in [0.5, 0.6) is 0 Å². The van der Waals surface area contributed by atoms with Gasteiger partial charge in [0.1, 0.15) is 0 Å². The molecule has 0 heterocycles. The van der Waals surface area contributed by atoms with Crippen molar-refractivity contribution in [3.8, 4) is 0 Å². The lowest BCUT2D eigenvalue weighted by atomic mass is 9.85. The molecule has 0 bridgehead atoms. The SMILES string of the molecule is C=C(C)C(C)CC(CCCCCC)CCCCCC. The van der Waals surface area contributed by atoms with Crippen LogP contribution in [0.4, 0.5) is 0 Å². The zero-order valence-corrected chi connectivity index (χ0v) is 14.1. The first-order chi connectivity index (χ1) is 9.11. The number of unbranched alkanes of at least 4 members (excludes halogenated alkanes) is 6. The minimum absolute atomic E-state index is 0.711. The Morgan fingerprint density at radius 3 is 1.68 bits per heavy atom. The van der Waals surface area contributed by atoms with Crippen molar-refractivity contribution < 1.29 is 0 Å². The molecule has 0 saturated carbocycles. The van der Waals surface area contributed by atoms with Gasteiger partial charge in [0.05, 0.1) is 0 Å². The van der Waals surface area contributed by atoms with Crippen molar-refractivity contribution in [2.24, 2.45) is 11.8 Å². The normalized spacial score (nSPS) is 12.9. The first kappa shape index (κ1) is 18.7. The molecule has 1 unspecified atom stereocenters. The molecule has 0 aromatic rings. The van der Waals surface area contributed by atoms with Gasteiger partial charge in [-0.25, -0.2) is 0 Å². The average Bonchev–Trinajstić information content (AvgIpc) is 2.38. The van der Waals surface area contributed by atoms with Crippen molar-refractivity contribution >= 4 is 0 Å². The van der Waals surface area contributed by atoms with Crippen molar-refractivity contribution in [2.45, 2.75) is 98.3 Å². The van der Waals surface area contributed by atoms with Crippen LogP contribution < -0.4 is 0 Å². The summed E-state index contributed by atoms with van der Waals surface area (Å²) in [5.74, 6) is 1.66. The Labute approximate surface area is 123 Å². The maximum absolute atomic E-state index is 4.13. The Hall–Kier alpha value is -0.260. The van der Waals surface area contributed by atoms with Gasteiger partial charge >= 0.3 is 0 Å². The van der Waals surface area contributed by atoms with Crippen molar-refractivity contribution in [3.05, 3.63) is 12.2 Å². The molecule has 0 aromatic carbocycles. The lowest BCUT2D eigenvalue weighted by molar-refractivity contribution is 0.347. The first-order valence-electron chi connectivity index (χ1n) is 8.77. The zero-order chi connectivity index (χ0) is 14.5. The molecule has 0 N–H and O–H groups in total. The molecule has 0 amide bonds. The lowest BCUT2D eigenvalue weighted by Crippen LogP contribution is -2.08. The quantitative estimate of drug-likeness (QED) is 0.245. The van der Waals surface area contributed by atoms with Crippen molar-refractivity contribution in [2.75, 3.05) is 0 Å². The molecule has 0 aliphatic rings. The number of rotatable bonds is 13. The zero-order valence-electron chi connectivity index (χ0n) is 14.1. The third kappa shape index (κ3) is 11.3. The highest BCUT2D eigenvalue weighted by atomic mass is 14.2. The molecule has 19 heavy (non-hydrogen) atoms. The second-order valence-electron chi connectivity index (χ2n) is 6.55. The highest BCUT2D eigenvalue weighted by Crippen LogP contribution is 2.27. The highest BCUT2D eigenvalue weighted by molar-refractivity contribution is 4.94. The van der Waals surface area contributed by atoms with E-state index in [4.69, 9.17) is 0 Å². The molecule has 0 aliphatic heterocycles. The highest BCUT2D eigenvalue weighted by Gasteiger charge is 2.13. The topological polar surface area (TPSA) is 0 Å². The Morgan fingerprint density at radius 2 is 1.32 bits per heavy atom. The van der Waals surface area contributed by atoms with Crippen LogP contribution in [0.25, 0.3) is 0 Å². The summed E-state index contributed by atoms with van der Waals surface area (Å²) in [4.78, 5) is 0. The van der Waals surface area contributed by atoms with Gasteiger partial charge in [-0.2, -0.15) is 0 Å². The molecule has 0 fully saturated rings. The van der Waals surface area contributed by atoms with Gasteiger partial charge < -0.3 is 0 Å². The Morgan fingerprint density at radius 1 is 0.842 bits per heavy atom. The molecular weight excluding hydrogens is 228 g/mol. The molecule has 0 saturated heterocycles. The summed E-state index contributed by atoms with van der Waals surface area (Å²) in [6, 6.07) is 0. The van der Waals surface area contributed by atoms with Crippen molar-refractivity contribution in [1.29, 1.82) is 0 Å². The van der Waals surface area contributed by atoms with E-state index in [1.165, 1.54) is 76.2 Å². The van der Waals surface area contributed by atoms with Gasteiger partial charge in [-0.1, -0.05) is 97.1 Å². The van der Waals surface area contributed by atoms with Crippen LogP contribution in [0.2, 0.25) is 0 Å². The van der Waals surface area contributed by atoms with E-state index in [0.29, 0.717) is 5.92 Å². The van der Waals surface area contributed by atoms with E-state index in [1.807, 2.05) is 0 Å². The summed E-state index contributed by atoms with van der Waals surface area (Å²) >= 11 is 0. The molecular formula is C19H38. The van der Waals surface area contributed by atoms with Gasteiger partial charge in [-0.3, -0.25) is 0 Å². The minimum Gasteiger partial charge on any atom is -0.0999 e. The Bertz CT molecular complexity index is 192. The van der Waals surface area contributed by atoms with Gasteiger partial charge in [0, 0.05) is 0 Å². The third-order valence-corrected chi connectivity index (χ3v) is 4.46. The predicted molar refractivity (Wildman–Crippen MR) is 89.6 cm³/mol. The Kier molecular flexibility index (Phi) is 12.6. The van der Waals surface area contributed by atoms with Gasteiger partial charge in [0.25, 0.3) is 0 Å².